The molecule has 0 bridgehead atoms. The fraction of sp³-hybridized carbons (Fsp3) is 0.292. The number of alkyl halides is 2. The molecule has 0 N–H and O–H groups in total. The lowest BCUT2D eigenvalue weighted by atomic mass is 9.96. The molecule has 1 saturated heterocycles. The summed E-state index contributed by atoms with van der Waals surface area (Å²) < 4.78 is 56.1. The van der Waals surface area contributed by atoms with Gasteiger partial charge in [-0.2, -0.15) is 10.5 Å². The van der Waals surface area contributed by atoms with E-state index in [1.807, 2.05) is 12.1 Å². The first-order chi connectivity index (χ1) is 17.3. The summed E-state index contributed by atoms with van der Waals surface area (Å²) in [5.74, 6) is -3.32. The number of halogens is 4. The number of pyridine rings is 1. The molecule has 1 aliphatic rings. The summed E-state index contributed by atoms with van der Waals surface area (Å²) in [5, 5.41) is 18.7. The van der Waals surface area contributed by atoms with Crippen molar-refractivity contribution < 1.29 is 17.6 Å². The molecule has 36 heavy (non-hydrogen) atoms. The molecule has 184 valence electrons. The Kier molecular flexibility index (Phi) is 6.88. The number of piperidine rings is 1. The van der Waals surface area contributed by atoms with Crippen molar-refractivity contribution in [2.24, 2.45) is 5.92 Å². The molecule has 0 atom stereocenters. The van der Waals surface area contributed by atoms with Gasteiger partial charge in [0.2, 0.25) is 6.43 Å². The average Bonchev–Trinajstić information content (AvgIpc) is 2.87. The van der Waals surface area contributed by atoms with Crippen molar-refractivity contribution in [2.45, 2.75) is 25.8 Å². The van der Waals surface area contributed by atoms with Gasteiger partial charge in [0.15, 0.2) is 11.6 Å². The number of hydrogen-bond acceptors (Lipinski definition) is 6. The van der Waals surface area contributed by atoms with Crippen LogP contribution in [0.2, 0.25) is 0 Å². The number of nitrogens with zero attached hydrogens (tertiary/aromatic N) is 6. The first-order valence-electron chi connectivity index (χ1n) is 10.9. The Bertz CT molecular complexity index is 1510. The molecule has 1 fully saturated rings. The number of aromatic nitrogens is 3. The van der Waals surface area contributed by atoms with Crippen LogP contribution >= 0.6 is 0 Å². The standard InChI is InChI=1S/C24H18F4N6O2/c25-18-2-1-16(10-19(18)26)20-22(32-6-3-15(4-7-32)21(27)28)33(8-5-29)24(36)34(23(20)35)17-9-14(11-30)12-31-13-17/h1-2,9-10,12-13,15,21H,3-4,6-8H2. The SMILES string of the molecule is N#CCn1c(N2CCC(C(F)F)CC2)c(-c2ccc(F)c(F)c2)c(=O)n(-c2cncc(C#N)c2)c1=O. The van der Waals surface area contributed by atoms with Crippen LogP contribution in [-0.2, 0) is 6.54 Å². The quantitative estimate of drug-likeness (QED) is 0.500. The van der Waals surface area contributed by atoms with Crippen molar-refractivity contribution in [3.8, 4) is 29.0 Å². The third-order valence-electron chi connectivity index (χ3n) is 6.06. The van der Waals surface area contributed by atoms with E-state index in [0.717, 1.165) is 22.8 Å². The molecule has 0 spiro atoms. The second-order valence-corrected chi connectivity index (χ2v) is 8.20. The maximum absolute atomic E-state index is 14.2. The van der Waals surface area contributed by atoms with Gasteiger partial charge in [-0.25, -0.2) is 26.9 Å². The van der Waals surface area contributed by atoms with E-state index in [9.17, 15) is 37.7 Å². The molecule has 0 saturated carbocycles. The second kappa shape index (κ2) is 10.0. The summed E-state index contributed by atoms with van der Waals surface area (Å²) >= 11 is 0. The third-order valence-corrected chi connectivity index (χ3v) is 6.06. The molecule has 4 rings (SSSR count). The Morgan fingerprint density at radius 3 is 2.39 bits per heavy atom. The molecular formula is C24H18F4N6O2. The smallest absolute Gasteiger partial charge is 0.338 e. The Morgan fingerprint density at radius 2 is 1.78 bits per heavy atom. The zero-order valence-electron chi connectivity index (χ0n) is 18.7. The molecule has 12 heteroatoms. The van der Waals surface area contributed by atoms with Crippen molar-refractivity contribution in [1.82, 2.24) is 14.1 Å². The minimum Gasteiger partial charge on any atom is -0.357 e. The molecule has 3 aromatic rings. The maximum Gasteiger partial charge on any atom is 0.338 e. The van der Waals surface area contributed by atoms with Crippen molar-refractivity contribution in [3.05, 3.63) is 74.7 Å². The minimum atomic E-state index is -2.54. The van der Waals surface area contributed by atoms with E-state index in [0.29, 0.717) is 4.57 Å². The van der Waals surface area contributed by atoms with Gasteiger partial charge in [-0.15, -0.1) is 0 Å². The van der Waals surface area contributed by atoms with Crippen molar-refractivity contribution in [3.63, 3.8) is 0 Å². The monoisotopic (exact) mass is 498 g/mol. The number of benzene rings is 1. The predicted molar refractivity (Wildman–Crippen MR) is 121 cm³/mol. The highest BCUT2D eigenvalue weighted by Crippen LogP contribution is 2.33. The summed E-state index contributed by atoms with van der Waals surface area (Å²) in [4.78, 5) is 32.7. The van der Waals surface area contributed by atoms with Crippen LogP contribution in [0.1, 0.15) is 18.4 Å². The van der Waals surface area contributed by atoms with E-state index in [-0.39, 0.29) is 54.1 Å². The Hall–Kier alpha value is -4.45. The van der Waals surface area contributed by atoms with E-state index >= 15 is 0 Å². The van der Waals surface area contributed by atoms with Gasteiger partial charge in [-0.3, -0.25) is 14.3 Å². The van der Waals surface area contributed by atoms with E-state index in [4.69, 9.17) is 0 Å². The first kappa shape index (κ1) is 24.7. The van der Waals surface area contributed by atoms with Gasteiger partial charge in [0, 0.05) is 25.2 Å². The van der Waals surface area contributed by atoms with Crippen LogP contribution in [0.3, 0.4) is 0 Å². The van der Waals surface area contributed by atoms with Gasteiger partial charge < -0.3 is 4.90 Å². The Morgan fingerprint density at radius 1 is 1.06 bits per heavy atom. The fourth-order valence-electron chi connectivity index (χ4n) is 4.29. The van der Waals surface area contributed by atoms with Gasteiger partial charge in [0.1, 0.15) is 18.4 Å². The lowest BCUT2D eigenvalue weighted by Crippen LogP contribution is -2.46. The molecule has 8 nitrogen and oxygen atoms in total. The Labute approximate surface area is 201 Å². The average molecular weight is 498 g/mol. The lowest BCUT2D eigenvalue weighted by Gasteiger charge is -2.35. The predicted octanol–water partition coefficient (Wildman–Crippen LogP) is 3.22. The van der Waals surface area contributed by atoms with Gasteiger partial charge in [0.05, 0.1) is 29.1 Å². The summed E-state index contributed by atoms with van der Waals surface area (Å²) in [6.45, 7) is -0.428. The minimum absolute atomic E-state index is 0.0471. The van der Waals surface area contributed by atoms with Crippen LogP contribution in [0, 0.1) is 40.2 Å². The van der Waals surface area contributed by atoms with Gasteiger partial charge in [0.25, 0.3) is 5.56 Å². The number of nitriles is 2. The second-order valence-electron chi connectivity index (χ2n) is 8.20. The van der Waals surface area contributed by atoms with E-state index in [1.54, 1.807) is 0 Å². The van der Waals surface area contributed by atoms with Gasteiger partial charge in [-0.1, -0.05) is 6.07 Å². The Balaban J connectivity index is 2.05. The molecule has 1 aromatic carbocycles. The molecule has 1 aliphatic heterocycles. The summed E-state index contributed by atoms with van der Waals surface area (Å²) in [6.07, 6.45) is -0.0183. The lowest BCUT2D eigenvalue weighted by molar-refractivity contribution is 0.0634. The number of hydrogen-bond donors (Lipinski definition) is 0. The highest BCUT2D eigenvalue weighted by atomic mass is 19.3. The van der Waals surface area contributed by atoms with Gasteiger partial charge >= 0.3 is 5.69 Å². The molecule has 0 radical (unpaired) electrons. The molecule has 0 aliphatic carbocycles. The van der Waals surface area contributed by atoms with Crippen molar-refractivity contribution in [1.29, 1.82) is 10.5 Å². The zero-order chi connectivity index (χ0) is 26.0. The van der Waals surface area contributed by atoms with Crippen LogP contribution in [-0.4, -0.2) is 33.6 Å². The van der Waals surface area contributed by atoms with Crippen LogP contribution in [0.15, 0.2) is 46.2 Å². The third kappa shape index (κ3) is 4.45. The van der Waals surface area contributed by atoms with Crippen LogP contribution in [0.25, 0.3) is 16.8 Å². The number of anilines is 1. The summed E-state index contributed by atoms with van der Waals surface area (Å²) in [6, 6.07) is 7.71. The normalized spacial score (nSPS) is 14.0. The van der Waals surface area contributed by atoms with Crippen molar-refractivity contribution in [2.75, 3.05) is 18.0 Å². The maximum atomic E-state index is 14.2. The number of rotatable bonds is 5. The summed E-state index contributed by atoms with van der Waals surface area (Å²) in [7, 11) is 0. The van der Waals surface area contributed by atoms with Crippen LogP contribution in [0.5, 0.6) is 0 Å². The molecule has 0 unspecified atom stereocenters. The van der Waals surface area contributed by atoms with Crippen LogP contribution in [0.4, 0.5) is 23.4 Å². The van der Waals surface area contributed by atoms with Gasteiger partial charge in [-0.05, 0) is 36.6 Å². The molecule has 3 heterocycles. The summed E-state index contributed by atoms with van der Waals surface area (Å²) in [5.41, 5.74) is -2.17. The fourth-order valence-corrected chi connectivity index (χ4v) is 4.29. The first-order valence-corrected chi connectivity index (χ1v) is 10.9. The highest BCUT2D eigenvalue weighted by Gasteiger charge is 2.31. The topological polar surface area (TPSA) is 108 Å². The highest BCUT2D eigenvalue weighted by molar-refractivity contribution is 5.76. The van der Waals surface area contributed by atoms with E-state index in [1.165, 1.54) is 23.4 Å². The van der Waals surface area contributed by atoms with Crippen molar-refractivity contribution >= 4 is 5.82 Å². The molecule has 2 aromatic heterocycles. The van der Waals surface area contributed by atoms with Crippen LogP contribution < -0.4 is 16.1 Å². The largest absolute Gasteiger partial charge is 0.357 e. The van der Waals surface area contributed by atoms with E-state index < -0.39 is 41.8 Å². The molecular weight excluding hydrogens is 480 g/mol. The van der Waals surface area contributed by atoms with E-state index in [2.05, 4.69) is 4.98 Å². The zero-order valence-corrected chi connectivity index (χ0v) is 18.7. The molecule has 0 amide bonds.